The second kappa shape index (κ2) is 4.65. The van der Waals surface area contributed by atoms with Gasteiger partial charge in [-0.1, -0.05) is 0 Å². The lowest BCUT2D eigenvalue weighted by atomic mass is 9.28. The maximum absolute atomic E-state index is 13.2. The highest BCUT2D eigenvalue weighted by Crippen LogP contribution is 2.88. The standard InChI is InChI=1S/C15H22F2O5S/c16-15(17,23(19,20)21)8-22-7-10-11-3-9-4-13(1-2-18)6-12(10)14(11,13)5-9/h9-12,18H,1-8H2,(H,19,20,21). The minimum absolute atomic E-state index is 0.129. The van der Waals surface area contributed by atoms with Crippen LogP contribution in [0.4, 0.5) is 8.78 Å². The second-order valence-electron chi connectivity index (χ2n) is 8.01. The van der Waals surface area contributed by atoms with Gasteiger partial charge in [0.15, 0.2) is 0 Å². The average Bonchev–Trinajstić information content (AvgIpc) is 2.90. The van der Waals surface area contributed by atoms with E-state index >= 15 is 0 Å². The molecule has 8 heteroatoms. The van der Waals surface area contributed by atoms with E-state index in [2.05, 4.69) is 0 Å². The number of ether oxygens (including phenoxy) is 1. The Morgan fingerprint density at radius 3 is 2.61 bits per heavy atom. The summed E-state index contributed by atoms with van der Waals surface area (Å²) in [6, 6.07) is 0. The molecule has 132 valence electrons. The van der Waals surface area contributed by atoms with Crippen LogP contribution in [0, 0.1) is 34.5 Å². The van der Waals surface area contributed by atoms with E-state index in [1.54, 1.807) is 0 Å². The van der Waals surface area contributed by atoms with Crippen molar-refractivity contribution in [2.45, 2.75) is 37.4 Å². The Morgan fingerprint density at radius 1 is 1.22 bits per heavy atom. The summed E-state index contributed by atoms with van der Waals surface area (Å²) in [5.41, 5.74) is 0.550. The van der Waals surface area contributed by atoms with Gasteiger partial charge in [-0.15, -0.1) is 0 Å². The molecular weight excluding hydrogens is 330 g/mol. The number of alkyl halides is 2. The molecule has 0 saturated heterocycles. The molecule has 0 amide bonds. The first-order chi connectivity index (χ1) is 10.7. The molecule has 6 atom stereocenters. The van der Waals surface area contributed by atoms with Gasteiger partial charge in [0.05, 0.1) is 6.61 Å². The number of rotatable bonds is 7. The number of halogens is 2. The second-order valence-corrected chi connectivity index (χ2v) is 9.56. The van der Waals surface area contributed by atoms with E-state index in [1.807, 2.05) is 0 Å². The van der Waals surface area contributed by atoms with Crippen molar-refractivity contribution in [3.8, 4) is 0 Å². The third-order valence-corrected chi connectivity index (χ3v) is 8.27. The van der Waals surface area contributed by atoms with Crippen LogP contribution in [0.2, 0.25) is 0 Å². The van der Waals surface area contributed by atoms with E-state index in [0.29, 0.717) is 23.2 Å². The van der Waals surface area contributed by atoms with Crippen LogP contribution < -0.4 is 0 Å². The zero-order chi connectivity index (χ0) is 16.7. The fraction of sp³-hybridized carbons (Fsp3) is 1.00. The molecule has 0 radical (unpaired) electrons. The van der Waals surface area contributed by atoms with Gasteiger partial charge >= 0.3 is 15.4 Å². The van der Waals surface area contributed by atoms with Crippen LogP contribution in [0.1, 0.15) is 32.1 Å². The number of hydrogen-bond donors (Lipinski definition) is 2. The number of hydrogen-bond acceptors (Lipinski definition) is 4. The lowest BCUT2D eigenvalue weighted by molar-refractivity contribution is -0.300. The Kier molecular flexibility index (Phi) is 3.27. The van der Waals surface area contributed by atoms with Crippen molar-refractivity contribution in [3.63, 3.8) is 0 Å². The van der Waals surface area contributed by atoms with Crippen molar-refractivity contribution in [2.75, 3.05) is 19.8 Å². The van der Waals surface area contributed by atoms with Crippen molar-refractivity contribution in [1.82, 2.24) is 0 Å². The highest BCUT2D eigenvalue weighted by Gasteiger charge is 2.82. The molecule has 6 unspecified atom stereocenters. The molecule has 1 spiro atoms. The maximum atomic E-state index is 13.2. The maximum Gasteiger partial charge on any atom is 0.392 e. The summed E-state index contributed by atoms with van der Waals surface area (Å²) in [5, 5.41) is 5.11. The van der Waals surface area contributed by atoms with Crippen LogP contribution >= 0.6 is 0 Å². The van der Waals surface area contributed by atoms with Crippen LogP contribution in [0.15, 0.2) is 0 Å². The van der Waals surface area contributed by atoms with Gasteiger partial charge < -0.3 is 9.84 Å². The summed E-state index contributed by atoms with van der Waals surface area (Å²) < 4.78 is 61.0. The van der Waals surface area contributed by atoms with Crippen LogP contribution in [0.5, 0.6) is 0 Å². The first-order valence-corrected chi connectivity index (χ1v) is 9.64. The van der Waals surface area contributed by atoms with Crippen LogP contribution in [-0.2, 0) is 14.9 Å². The molecule has 4 aliphatic carbocycles. The summed E-state index contributed by atoms with van der Waals surface area (Å²) in [6.07, 6.45) is 5.36. The van der Waals surface area contributed by atoms with Gasteiger partial charge in [0.25, 0.3) is 0 Å². The molecule has 5 nitrogen and oxygen atoms in total. The van der Waals surface area contributed by atoms with Crippen molar-refractivity contribution in [2.24, 2.45) is 34.5 Å². The Morgan fingerprint density at radius 2 is 1.96 bits per heavy atom. The minimum Gasteiger partial charge on any atom is -0.396 e. The van der Waals surface area contributed by atoms with E-state index in [4.69, 9.17) is 9.29 Å². The zero-order valence-corrected chi connectivity index (χ0v) is 13.6. The lowest BCUT2D eigenvalue weighted by Crippen LogP contribution is -2.72. The normalized spacial score (nSPS) is 47.1. The monoisotopic (exact) mass is 352 g/mol. The zero-order valence-electron chi connectivity index (χ0n) is 12.7. The Hall–Kier alpha value is -0.310. The highest BCUT2D eigenvalue weighted by molar-refractivity contribution is 7.86. The number of fused-ring (bicyclic) bond motifs is 1. The van der Waals surface area contributed by atoms with E-state index in [1.165, 1.54) is 12.8 Å². The van der Waals surface area contributed by atoms with Crippen LogP contribution in [-0.4, -0.2) is 43.2 Å². The molecule has 0 aromatic carbocycles. The van der Waals surface area contributed by atoms with Crippen LogP contribution in [0.25, 0.3) is 0 Å². The van der Waals surface area contributed by atoms with Crippen molar-refractivity contribution < 1.29 is 31.6 Å². The largest absolute Gasteiger partial charge is 0.396 e. The summed E-state index contributed by atoms with van der Waals surface area (Å²) >= 11 is 0. The number of aliphatic hydroxyl groups is 1. The van der Waals surface area contributed by atoms with E-state index in [-0.39, 0.29) is 24.5 Å². The first-order valence-electron chi connectivity index (χ1n) is 8.20. The quantitative estimate of drug-likeness (QED) is 0.684. The molecule has 2 N–H and O–H groups in total. The molecule has 2 bridgehead atoms. The smallest absolute Gasteiger partial charge is 0.392 e. The fourth-order valence-electron chi connectivity index (χ4n) is 6.88. The molecule has 0 aromatic heterocycles. The third-order valence-electron chi connectivity index (χ3n) is 7.40. The van der Waals surface area contributed by atoms with E-state index < -0.39 is 22.0 Å². The Labute approximate surface area is 134 Å². The summed E-state index contributed by atoms with van der Waals surface area (Å²) in [7, 11) is -5.42. The molecule has 4 saturated carbocycles. The van der Waals surface area contributed by atoms with Gasteiger partial charge in [0.1, 0.15) is 6.61 Å². The van der Waals surface area contributed by atoms with E-state index in [9.17, 15) is 22.3 Å². The van der Waals surface area contributed by atoms with Crippen molar-refractivity contribution in [3.05, 3.63) is 0 Å². The SMILES string of the molecule is O=S(=O)(O)C(F)(F)COCC1C2CC3CC4(CCO)CC1C24C3. The number of aliphatic hydroxyl groups excluding tert-OH is 1. The van der Waals surface area contributed by atoms with Gasteiger partial charge in [0.2, 0.25) is 0 Å². The first kappa shape index (κ1) is 16.2. The molecule has 0 aliphatic heterocycles. The Bertz CT molecular complexity index is 623. The van der Waals surface area contributed by atoms with Crippen molar-refractivity contribution >= 4 is 10.1 Å². The molecule has 4 fully saturated rings. The molecule has 0 heterocycles. The highest BCUT2D eigenvalue weighted by atomic mass is 32.2. The van der Waals surface area contributed by atoms with E-state index in [0.717, 1.165) is 19.3 Å². The third kappa shape index (κ3) is 1.84. The lowest BCUT2D eigenvalue weighted by Gasteiger charge is -2.76. The average molecular weight is 352 g/mol. The summed E-state index contributed by atoms with van der Waals surface area (Å²) in [5.74, 6) is 1.82. The summed E-state index contributed by atoms with van der Waals surface area (Å²) in [6.45, 7) is -0.959. The van der Waals surface area contributed by atoms with Gasteiger partial charge in [-0.3, -0.25) is 4.55 Å². The minimum atomic E-state index is -5.42. The van der Waals surface area contributed by atoms with Gasteiger partial charge in [-0.05, 0) is 66.6 Å². The summed E-state index contributed by atoms with van der Waals surface area (Å²) in [4.78, 5) is 0. The molecular formula is C15H22F2O5S. The molecule has 4 aliphatic rings. The van der Waals surface area contributed by atoms with Gasteiger partial charge in [-0.2, -0.15) is 17.2 Å². The van der Waals surface area contributed by atoms with Gasteiger partial charge in [-0.25, -0.2) is 0 Å². The van der Waals surface area contributed by atoms with Gasteiger partial charge in [0, 0.05) is 6.61 Å². The van der Waals surface area contributed by atoms with Crippen molar-refractivity contribution in [1.29, 1.82) is 0 Å². The predicted molar refractivity (Wildman–Crippen MR) is 76.3 cm³/mol. The molecule has 0 aromatic rings. The predicted octanol–water partition coefficient (Wildman–Crippen LogP) is 1.92. The molecule has 4 rings (SSSR count). The van der Waals surface area contributed by atoms with Crippen LogP contribution in [0.3, 0.4) is 0 Å². The fourth-order valence-corrected chi connectivity index (χ4v) is 7.11. The Balaban J connectivity index is 1.38. The molecule has 23 heavy (non-hydrogen) atoms. The topological polar surface area (TPSA) is 83.8 Å².